The Balaban J connectivity index is 2.74. The second-order valence-corrected chi connectivity index (χ2v) is 4.31. The summed E-state index contributed by atoms with van der Waals surface area (Å²) < 4.78 is 0. The van der Waals surface area contributed by atoms with Crippen LogP contribution in [0.15, 0.2) is 12.4 Å². The second kappa shape index (κ2) is 6.69. The van der Waals surface area contributed by atoms with Crippen molar-refractivity contribution >= 4 is 17.4 Å². The summed E-state index contributed by atoms with van der Waals surface area (Å²) in [5.74, 6) is 1.59. The minimum Gasteiger partial charge on any atom is -0.355 e. The first-order valence-electron chi connectivity index (χ1n) is 5.93. The predicted molar refractivity (Wildman–Crippen MR) is 69.0 cm³/mol. The zero-order valence-electron chi connectivity index (χ0n) is 10.3. The predicted octanol–water partition coefficient (Wildman–Crippen LogP) is 3.39. The van der Waals surface area contributed by atoms with Gasteiger partial charge in [0, 0.05) is 13.1 Å². The van der Waals surface area contributed by atoms with Crippen LogP contribution in [0.4, 0.5) is 5.82 Å². The first-order valence-corrected chi connectivity index (χ1v) is 6.31. The Kier molecular flexibility index (Phi) is 5.53. The van der Waals surface area contributed by atoms with Crippen molar-refractivity contribution < 1.29 is 0 Å². The van der Waals surface area contributed by atoms with Gasteiger partial charge in [-0.3, -0.25) is 4.98 Å². The summed E-state index contributed by atoms with van der Waals surface area (Å²) in [7, 11) is 0. The van der Waals surface area contributed by atoms with Crippen molar-refractivity contribution in [1.29, 1.82) is 0 Å². The lowest BCUT2D eigenvalue weighted by atomic mass is 10.0. The molecule has 1 rings (SSSR count). The number of nitrogens with zero attached hydrogens (tertiary/aromatic N) is 3. The Morgan fingerprint density at radius 3 is 2.44 bits per heavy atom. The van der Waals surface area contributed by atoms with Gasteiger partial charge in [-0.1, -0.05) is 38.3 Å². The van der Waals surface area contributed by atoms with Crippen LogP contribution in [0.5, 0.6) is 0 Å². The van der Waals surface area contributed by atoms with Gasteiger partial charge in [-0.15, -0.1) is 0 Å². The van der Waals surface area contributed by atoms with E-state index in [-0.39, 0.29) is 0 Å². The summed E-state index contributed by atoms with van der Waals surface area (Å²) in [6, 6.07) is 0. The van der Waals surface area contributed by atoms with E-state index in [4.69, 9.17) is 11.6 Å². The summed E-state index contributed by atoms with van der Waals surface area (Å²) in [5, 5.41) is 0.459. The lowest BCUT2D eigenvalue weighted by Crippen LogP contribution is -2.29. The number of halogens is 1. The third-order valence-corrected chi connectivity index (χ3v) is 3.11. The SMILES string of the molecule is CCC(CC)CN(CC)c1cncc(Cl)n1. The van der Waals surface area contributed by atoms with E-state index >= 15 is 0 Å². The summed E-state index contributed by atoms with van der Waals surface area (Å²) >= 11 is 5.85. The Labute approximate surface area is 103 Å². The molecule has 90 valence electrons. The smallest absolute Gasteiger partial charge is 0.149 e. The van der Waals surface area contributed by atoms with Crippen LogP contribution in [0, 0.1) is 5.92 Å². The molecule has 0 fully saturated rings. The average Bonchev–Trinajstić information content (AvgIpc) is 2.31. The Bertz CT molecular complexity index is 313. The van der Waals surface area contributed by atoms with Gasteiger partial charge in [0.15, 0.2) is 0 Å². The summed E-state index contributed by atoms with van der Waals surface area (Å²) in [5.41, 5.74) is 0. The highest BCUT2D eigenvalue weighted by molar-refractivity contribution is 6.29. The van der Waals surface area contributed by atoms with Crippen molar-refractivity contribution in [2.75, 3.05) is 18.0 Å². The normalized spacial score (nSPS) is 10.8. The number of anilines is 1. The van der Waals surface area contributed by atoms with Crippen LogP contribution < -0.4 is 4.90 Å². The van der Waals surface area contributed by atoms with Gasteiger partial charge in [0.1, 0.15) is 11.0 Å². The van der Waals surface area contributed by atoms with Gasteiger partial charge in [-0.05, 0) is 12.8 Å². The van der Waals surface area contributed by atoms with E-state index in [0.29, 0.717) is 11.1 Å². The van der Waals surface area contributed by atoms with Gasteiger partial charge in [0.05, 0.1) is 12.4 Å². The highest BCUT2D eigenvalue weighted by Gasteiger charge is 2.12. The molecule has 0 aromatic carbocycles. The second-order valence-electron chi connectivity index (χ2n) is 3.92. The van der Waals surface area contributed by atoms with Gasteiger partial charge in [-0.25, -0.2) is 4.98 Å². The quantitative estimate of drug-likeness (QED) is 0.765. The summed E-state index contributed by atoms with van der Waals surface area (Å²) in [6.45, 7) is 8.55. The molecule has 0 unspecified atom stereocenters. The molecule has 4 heteroatoms. The molecule has 0 aliphatic heterocycles. The van der Waals surface area contributed by atoms with Crippen LogP contribution in [-0.2, 0) is 0 Å². The largest absolute Gasteiger partial charge is 0.355 e. The fourth-order valence-electron chi connectivity index (χ4n) is 1.73. The molecule has 1 aromatic heterocycles. The van der Waals surface area contributed by atoms with Crippen LogP contribution >= 0.6 is 11.6 Å². The molecule has 0 radical (unpaired) electrons. The van der Waals surface area contributed by atoms with Crippen LogP contribution in [0.2, 0.25) is 5.15 Å². The standard InChI is InChI=1S/C12H20ClN3/c1-4-10(5-2)9-16(6-3)12-8-14-7-11(13)15-12/h7-8,10H,4-6,9H2,1-3H3. The molecular weight excluding hydrogens is 222 g/mol. The third kappa shape index (κ3) is 3.63. The van der Waals surface area contributed by atoms with E-state index < -0.39 is 0 Å². The van der Waals surface area contributed by atoms with Gasteiger partial charge >= 0.3 is 0 Å². The van der Waals surface area contributed by atoms with E-state index in [0.717, 1.165) is 18.9 Å². The molecule has 0 bridgehead atoms. The van der Waals surface area contributed by atoms with Crippen LogP contribution in [0.1, 0.15) is 33.6 Å². The molecule has 0 spiro atoms. The highest BCUT2D eigenvalue weighted by Crippen LogP contribution is 2.17. The van der Waals surface area contributed by atoms with Crippen molar-refractivity contribution in [1.82, 2.24) is 9.97 Å². The van der Waals surface area contributed by atoms with E-state index in [1.54, 1.807) is 12.4 Å². The number of rotatable bonds is 6. The fraction of sp³-hybridized carbons (Fsp3) is 0.667. The zero-order valence-corrected chi connectivity index (χ0v) is 11.0. The number of aromatic nitrogens is 2. The molecule has 0 saturated carbocycles. The van der Waals surface area contributed by atoms with Crippen LogP contribution in [0.3, 0.4) is 0 Å². The lowest BCUT2D eigenvalue weighted by Gasteiger charge is -2.26. The lowest BCUT2D eigenvalue weighted by molar-refractivity contribution is 0.484. The maximum Gasteiger partial charge on any atom is 0.149 e. The summed E-state index contributed by atoms with van der Waals surface area (Å²) in [6.07, 6.45) is 5.73. The topological polar surface area (TPSA) is 29.0 Å². The molecule has 0 aliphatic carbocycles. The highest BCUT2D eigenvalue weighted by atomic mass is 35.5. The van der Waals surface area contributed by atoms with Gasteiger partial charge in [0.25, 0.3) is 0 Å². The van der Waals surface area contributed by atoms with E-state index in [1.165, 1.54) is 12.8 Å². The van der Waals surface area contributed by atoms with Crippen molar-refractivity contribution in [2.45, 2.75) is 33.6 Å². The molecular formula is C12H20ClN3. The zero-order chi connectivity index (χ0) is 12.0. The van der Waals surface area contributed by atoms with Gasteiger partial charge in [0.2, 0.25) is 0 Å². The molecule has 16 heavy (non-hydrogen) atoms. The molecule has 0 aliphatic rings. The van der Waals surface area contributed by atoms with Crippen molar-refractivity contribution in [3.63, 3.8) is 0 Å². The maximum atomic E-state index is 5.85. The molecule has 0 amide bonds. The molecule has 0 N–H and O–H groups in total. The van der Waals surface area contributed by atoms with E-state index in [9.17, 15) is 0 Å². The molecule has 1 aromatic rings. The van der Waals surface area contributed by atoms with Crippen molar-refractivity contribution in [3.8, 4) is 0 Å². The number of hydrogen-bond donors (Lipinski definition) is 0. The van der Waals surface area contributed by atoms with Gasteiger partial charge < -0.3 is 4.90 Å². The monoisotopic (exact) mass is 241 g/mol. The minimum atomic E-state index is 0.459. The molecule has 3 nitrogen and oxygen atoms in total. The maximum absolute atomic E-state index is 5.85. The van der Waals surface area contributed by atoms with Crippen molar-refractivity contribution in [3.05, 3.63) is 17.5 Å². The molecule has 0 atom stereocenters. The fourth-order valence-corrected chi connectivity index (χ4v) is 1.87. The first kappa shape index (κ1) is 13.2. The average molecular weight is 242 g/mol. The van der Waals surface area contributed by atoms with E-state index in [1.807, 2.05) is 0 Å². The van der Waals surface area contributed by atoms with E-state index in [2.05, 4.69) is 35.6 Å². The van der Waals surface area contributed by atoms with Gasteiger partial charge in [-0.2, -0.15) is 0 Å². The molecule has 1 heterocycles. The Morgan fingerprint density at radius 2 is 1.94 bits per heavy atom. The third-order valence-electron chi connectivity index (χ3n) is 2.93. The first-order chi connectivity index (χ1) is 7.71. The number of hydrogen-bond acceptors (Lipinski definition) is 3. The van der Waals surface area contributed by atoms with Crippen molar-refractivity contribution in [2.24, 2.45) is 5.92 Å². The Hall–Kier alpha value is -0.830. The summed E-state index contributed by atoms with van der Waals surface area (Å²) in [4.78, 5) is 10.6. The minimum absolute atomic E-state index is 0.459. The Morgan fingerprint density at radius 1 is 1.25 bits per heavy atom. The van der Waals surface area contributed by atoms with Crippen LogP contribution in [0.25, 0.3) is 0 Å². The van der Waals surface area contributed by atoms with Crippen LogP contribution in [-0.4, -0.2) is 23.1 Å². The molecule has 0 saturated heterocycles.